The van der Waals surface area contributed by atoms with Crippen molar-refractivity contribution in [1.82, 2.24) is 0 Å². The molecule has 0 saturated carbocycles. The van der Waals surface area contributed by atoms with Crippen LogP contribution in [0.25, 0.3) is 0 Å². The summed E-state index contributed by atoms with van der Waals surface area (Å²) >= 11 is 0. The van der Waals surface area contributed by atoms with Crippen molar-refractivity contribution < 1.29 is 4.74 Å². The summed E-state index contributed by atoms with van der Waals surface area (Å²) in [4.78, 5) is 0. The Balaban J connectivity index is 2.06. The summed E-state index contributed by atoms with van der Waals surface area (Å²) in [6.07, 6.45) is 0. The highest BCUT2D eigenvalue weighted by Gasteiger charge is 2.42. The van der Waals surface area contributed by atoms with E-state index in [0.717, 1.165) is 11.4 Å². The van der Waals surface area contributed by atoms with Crippen LogP contribution in [0.4, 0.5) is 5.69 Å². The Bertz CT molecular complexity index is 656. The fourth-order valence-corrected chi connectivity index (χ4v) is 3.26. The average molecular weight is 281 g/mol. The molecule has 2 aromatic rings. The summed E-state index contributed by atoms with van der Waals surface area (Å²) in [6.45, 7) is 8.72. The van der Waals surface area contributed by atoms with Crippen molar-refractivity contribution in [3.63, 3.8) is 0 Å². The van der Waals surface area contributed by atoms with E-state index in [2.05, 4.69) is 52.0 Å². The maximum Gasteiger partial charge on any atom is 0.124 e. The number of hydrogen-bond donors (Lipinski definition) is 1. The highest BCUT2D eigenvalue weighted by molar-refractivity contribution is 5.55. The lowest BCUT2D eigenvalue weighted by Crippen LogP contribution is -2.30. The summed E-state index contributed by atoms with van der Waals surface area (Å²) < 4.78 is 6.14. The molecule has 0 aliphatic carbocycles. The van der Waals surface area contributed by atoms with Crippen molar-refractivity contribution >= 4 is 5.69 Å². The van der Waals surface area contributed by atoms with E-state index in [0.29, 0.717) is 5.92 Å². The van der Waals surface area contributed by atoms with Gasteiger partial charge in [-0.1, -0.05) is 38.1 Å². The maximum atomic E-state index is 6.14. The molecule has 0 fully saturated rings. The van der Waals surface area contributed by atoms with E-state index in [-0.39, 0.29) is 11.5 Å². The Hall–Kier alpha value is -1.96. The molecule has 1 heterocycles. The highest BCUT2D eigenvalue weighted by atomic mass is 16.5. The lowest BCUT2D eigenvalue weighted by atomic mass is 9.80. The van der Waals surface area contributed by atoms with E-state index >= 15 is 0 Å². The van der Waals surface area contributed by atoms with Gasteiger partial charge >= 0.3 is 0 Å². The quantitative estimate of drug-likeness (QED) is 0.810. The minimum atomic E-state index is -0.254. The first-order valence-electron chi connectivity index (χ1n) is 7.57. The molecule has 2 nitrogen and oxygen atoms in total. The normalized spacial score (nSPS) is 19.4. The smallest absolute Gasteiger partial charge is 0.124 e. The first-order valence-corrected chi connectivity index (χ1v) is 7.57. The van der Waals surface area contributed by atoms with Gasteiger partial charge < -0.3 is 10.5 Å². The molecular weight excluding hydrogens is 258 g/mol. The standard InChI is InChI=1S/C19H23NO/c1-12(2)13-5-7-14(8-6-13)18-16-11-15(20)9-10-17(16)21-19(18,3)4/h5-12,18H,20H2,1-4H3. The molecule has 21 heavy (non-hydrogen) atoms. The predicted molar refractivity (Wildman–Crippen MR) is 87.9 cm³/mol. The number of benzene rings is 2. The van der Waals surface area contributed by atoms with Crippen molar-refractivity contribution in [1.29, 1.82) is 0 Å². The van der Waals surface area contributed by atoms with Gasteiger partial charge in [0.25, 0.3) is 0 Å². The summed E-state index contributed by atoms with van der Waals surface area (Å²) in [6, 6.07) is 14.8. The van der Waals surface area contributed by atoms with E-state index < -0.39 is 0 Å². The van der Waals surface area contributed by atoms with E-state index in [1.54, 1.807) is 0 Å². The molecule has 2 N–H and O–H groups in total. The third-order valence-corrected chi connectivity index (χ3v) is 4.35. The highest BCUT2D eigenvalue weighted by Crippen LogP contribution is 2.48. The van der Waals surface area contributed by atoms with Crippen molar-refractivity contribution in [2.24, 2.45) is 0 Å². The molecule has 0 amide bonds. The average Bonchev–Trinajstić information content (AvgIpc) is 2.68. The second-order valence-electron chi connectivity index (χ2n) is 6.76. The summed E-state index contributed by atoms with van der Waals surface area (Å²) in [5.41, 5.74) is 10.3. The minimum Gasteiger partial charge on any atom is -0.487 e. The minimum absolute atomic E-state index is 0.220. The Kier molecular flexibility index (Phi) is 3.20. The van der Waals surface area contributed by atoms with Crippen molar-refractivity contribution in [3.05, 3.63) is 59.2 Å². The molecule has 0 bridgehead atoms. The van der Waals surface area contributed by atoms with Gasteiger partial charge in [0.1, 0.15) is 11.4 Å². The maximum absolute atomic E-state index is 6.14. The van der Waals surface area contributed by atoms with Gasteiger partial charge in [-0.3, -0.25) is 0 Å². The van der Waals surface area contributed by atoms with Crippen LogP contribution in [0.1, 0.15) is 56.2 Å². The van der Waals surface area contributed by atoms with Crippen LogP contribution in [0.15, 0.2) is 42.5 Å². The lowest BCUT2D eigenvalue weighted by molar-refractivity contribution is 0.122. The van der Waals surface area contributed by atoms with Crippen LogP contribution in [-0.4, -0.2) is 5.60 Å². The van der Waals surface area contributed by atoms with Gasteiger partial charge in [0.15, 0.2) is 0 Å². The zero-order valence-electron chi connectivity index (χ0n) is 13.2. The number of rotatable bonds is 2. The first kappa shape index (κ1) is 14.0. The van der Waals surface area contributed by atoms with Gasteiger partial charge in [-0.25, -0.2) is 0 Å². The molecule has 2 aromatic carbocycles. The Morgan fingerprint density at radius 1 is 1.05 bits per heavy atom. The molecule has 3 rings (SSSR count). The second kappa shape index (κ2) is 4.80. The van der Waals surface area contributed by atoms with Crippen LogP contribution >= 0.6 is 0 Å². The monoisotopic (exact) mass is 281 g/mol. The fraction of sp³-hybridized carbons (Fsp3) is 0.368. The van der Waals surface area contributed by atoms with Crippen LogP contribution in [0.2, 0.25) is 0 Å². The Morgan fingerprint density at radius 2 is 1.71 bits per heavy atom. The molecule has 1 atom stereocenters. The Labute approximate surface area is 126 Å². The summed E-state index contributed by atoms with van der Waals surface area (Å²) in [5.74, 6) is 1.72. The zero-order valence-corrected chi connectivity index (χ0v) is 13.2. The first-order chi connectivity index (χ1) is 9.88. The molecule has 0 saturated heterocycles. The van der Waals surface area contributed by atoms with E-state index in [9.17, 15) is 0 Å². The molecule has 0 spiro atoms. The predicted octanol–water partition coefficient (Wildman–Crippen LogP) is 4.70. The lowest BCUT2D eigenvalue weighted by Gasteiger charge is -2.27. The van der Waals surface area contributed by atoms with Crippen molar-refractivity contribution in [2.45, 2.75) is 45.1 Å². The topological polar surface area (TPSA) is 35.2 Å². The van der Waals surface area contributed by atoms with E-state index in [1.165, 1.54) is 16.7 Å². The largest absolute Gasteiger partial charge is 0.487 e. The van der Waals surface area contributed by atoms with Gasteiger partial charge in [0.2, 0.25) is 0 Å². The third-order valence-electron chi connectivity index (χ3n) is 4.35. The van der Waals surface area contributed by atoms with Crippen LogP contribution < -0.4 is 10.5 Å². The van der Waals surface area contributed by atoms with Crippen LogP contribution in [0, 0.1) is 0 Å². The number of anilines is 1. The third kappa shape index (κ3) is 2.39. The molecule has 0 radical (unpaired) electrons. The molecular formula is C19H23NO. The molecule has 0 aromatic heterocycles. The summed E-state index contributed by atoms with van der Waals surface area (Å²) in [7, 11) is 0. The molecule has 110 valence electrons. The molecule has 1 unspecified atom stereocenters. The van der Waals surface area contributed by atoms with Crippen molar-refractivity contribution in [3.8, 4) is 5.75 Å². The number of nitrogen functional groups attached to an aromatic ring is 1. The Morgan fingerprint density at radius 3 is 2.33 bits per heavy atom. The SMILES string of the molecule is CC(C)c1ccc(C2c3cc(N)ccc3OC2(C)C)cc1. The number of fused-ring (bicyclic) bond motifs is 1. The van der Waals surface area contributed by atoms with E-state index in [1.807, 2.05) is 18.2 Å². The van der Waals surface area contributed by atoms with Gasteiger partial charge in [-0.05, 0) is 49.1 Å². The van der Waals surface area contributed by atoms with Gasteiger partial charge in [0, 0.05) is 11.3 Å². The molecule has 2 heteroatoms. The van der Waals surface area contributed by atoms with Gasteiger partial charge in [0.05, 0.1) is 5.92 Å². The summed E-state index contributed by atoms with van der Waals surface area (Å²) in [5, 5.41) is 0. The molecule has 1 aliphatic rings. The zero-order chi connectivity index (χ0) is 15.2. The second-order valence-corrected chi connectivity index (χ2v) is 6.76. The van der Waals surface area contributed by atoms with Gasteiger partial charge in [-0.2, -0.15) is 0 Å². The molecule has 1 aliphatic heterocycles. The van der Waals surface area contributed by atoms with Crippen LogP contribution in [0.5, 0.6) is 5.75 Å². The number of hydrogen-bond acceptors (Lipinski definition) is 2. The van der Waals surface area contributed by atoms with Crippen LogP contribution in [0.3, 0.4) is 0 Å². The van der Waals surface area contributed by atoms with Crippen LogP contribution in [-0.2, 0) is 0 Å². The number of ether oxygens (including phenoxy) is 1. The van der Waals surface area contributed by atoms with Crippen molar-refractivity contribution in [2.75, 3.05) is 5.73 Å². The van der Waals surface area contributed by atoms with Gasteiger partial charge in [-0.15, -0.1) is 0 Å². The van der Waals surface area contributed by atoms with E-state index in [4.69, 9.17) is 10.5 Å². The number of nitrogens with two attached hydrogens (primary N) is 1. The fourth-order valence-electron chi connectivity index (χ4n) is 3.26.